The zero-order chi connectivity index (χ0) is 16.9. The van der Waals surface area contributed by atoms with Crippen LogP contribution in [0.2, 0.25) is 0 Å². The molecule has 0 saturated heterocycles. The Hall–Kier alpha value is -2.44. The second-order valence-electron chi connectivity index (χ2n) is 5.78. The lowest BCUT2D eigenvalue weighted by molar-refractivity contribution is -0.139. The van der Waals surface area contributed by atoms with Crippen molar-refractivity contribution < 1.29 is 29.3 Å². The van der Waals surface area contributed by atoms with Crippen molar-refractivity contribution in [3.63, 3.8) is 0 Å². The van der Waals surface area contributed by atoms with E-state index in [0.717, 1.165) is 0 Å². The fraction of sp³-hybridized carbons (Fsp3) is 0.467. The van der Waals surface area contributed by atoms with Crippen molar-refractivity contribution in [2.24, 2.45) is 0 Å². The van der Waals surface area contributed by atoms with Crippen molar-refractivity contribution in [3.8, 4) is 11.5 Å². The van der Waals surface area contributed by atoms with E-state index in [1.807, 2.05) is 0 Å². The minimum atomic E-state index is -1.20. The van der Waals surface area contributed by atoms with Gasteiger partial charge < -0.3 is 25.0 Å². The van der Waals surface area contributed by atoms with Crippen LogP contribution in [0.4, 0.5) is 4.79 Å². The predicted molar refractivity (Wildman–Crippen MR) is 79.2 cm³/mol. The van der Waals surface area contributed by atoms with E-state index in [2.05, 4.69) is 5.32 Å². The minimum Gasteiger partial charge on any atom is -0.508 e. The number of methoxy groups -OCH3 is 1. The van der Waals surface area contributed by atoms with Gasteiger partial charge in [-0.1, -0.05) is 0 Å². The van der Waals surface area contributed by atoms with Crippen molar-refractivity contribution in [2.45, 2.75) is 38.8 Å². The Labute approximate surface area is 128 Å². The number of aliphatic carboxylic acids is 1. The summed E-state index contributed by atoms with van der Waals surface area (Å²) in [5.74, 6) is -0.847. The third kappa shape index (κ3) is 5.90. The molecule has 0 aliphatic carbocycles. The van der Waals surface area contributed by atoms with Crippen LogP contribution in [-0.4, -0.2) is 41.0 Å². The molecule has 1 aromatic rings. The molecule has 1 amide bonds. The average Bonchev–Trinajstić information content (AvgIpc) is 2.34. The normalized spacial score (nSPS) is 12.4. The third-order valence-corrected chi connectivity index (χ3v) is 2.62. The summed E-state index contributed by atoms with van der Waals surface area (Å²) in [6, 6.07) is 3.23. The monoisotopic (exact) mass is 311 g/mol. The van der Waals surface area contributed by atoms with E-state index in [4.69, 9.17) is 9.47 Å². The van der Waals surface area contributed by atoms with Crippen LogP contribution >= 0.6 is 0 Å². The van der Waals surface area contributed by atoms with Crippen molar-refractivity contribution in [2.75, 3.05) is 7.11 Å². The van der Waals surface area contributed by atoms with Gasteiger partial charge in [0.25, 0.3) is 0 Å². The van der Waals surface area contributed by atoms with Crippen LogP contribution in [0.25, 0.3) is 0 Å². The number of amides is 1. The summed E-state index contributed by atoms with van der Waals surface area (Å²) in [6.07, 6.45) is -0.827. The SMILES string of the molecule is COc1cc(O)cc(CC(NC(=O)OC(C)(C)C)C(=O)O)c1. The molecule has 0 aliphatic heterocycles. The standard InChI is InChI=1S/C15H21NO6/c1-15(2,3)22-14(20)16-12(13(18)19)7-9-5-10(17)8-11(6-9)21-4/h5-6,8,12,17H,7H2,1-4H3,(H,16,20)(H,18,19). The molecule has 3 N–H and O–H groups in total. The molecule has 122 valence electrons. The van der Waals surface area contributed by atoms with Crippen LogP contribution in [0.3, 0.4) is 0 Å². The largest absolute Gasteiger partial charge is 0.508 e. The van der Waals surface area contributed by atoms with E-state index < -0.39 is 23.7 Å². The number of phenols is 1. The Bertz CT molecular complexity index is 549. The summed E-state index contributed by atoms with van der Waals surface area (Å²) >= 11 is 0. The second kappa shape index (κ2) is 7.02. The maximum atomic E-state index is 11.7. The number of nitrogens with one attached hydrogen (secondary N) is 1. The molecule has 1 unspecified atom stereocenters. The highest BCUT2D eigenvalue weighted by Gasteiger charge is 2.24. The molecule has 0 saturated carbocycles. The maximum absolute atomic E-state index is 11.7. The summed E-state index contributed by atoms with van der Waals surface area (Å²) in [6.45, 7) is 5.05. The lowest BCUT2D eigenvalue weighted by Crippen LogP contribution is -2.44. The number of phenolic OH excluding ortho intramolecular Hbond substituents is 1. The number of carbonyl (C=O) groups is 2. The third-order valence-electron chi connectivity index (χ3n) is 2.62. The molecule has 22 heavy (non-hydrogen) atoms. The van der Waals surface area contributed by atoms with Gasteiger partial charge in [-0.15, -0.1) is 0 Å². The fourth-order valence-corrected chi connectivity index (χ4v) is 1.76. The first kappa shape index (κ1) is 17.6. The summed E-state index contributed by atoms with van der Waals surface area (Å²) in [4.78, 5) is 23.0. The summed E-state index contributed by atoms with van der Waals surface area (Å²) in [7, 11) is 1.44. The zero-order valence-electron chi connectivity index (χ0n) is 13.0. The summed E-state index contributed by atoms with van der Waals surface area (Å²) in [5.41, 5.74) is -0.207. The van der Waals surface area contributed by atoms with Gasteiger partial charge in [0.2, 0.25) is 0 Å². The summed E-state index contributed by atoms with van der Waals surface area (Å²) < 4.78 is 10.0. The molecule has 0 radical (unpaired) electrons. The lowest BCUT2D eigenvalue weighted by atomic mass is 10.1. The molecule has 1 aromatic carbocycles. The molecular weight excluding hydrogens is 290 g/mol. The van der Waals surface area contributed by atoms with Gasteiger partial charge in [0.15, 0.2) is 0 Å². The Morgan fingerprint density at radius 3 is 2.41 bits per heavy atom. The van der Waals surface area contributed by atoms with Crippen LogP contribution in [0.15, 0.2) is 18.2 Å². The van der Waals surface area contributed by atoms with Crippen LogP contribution < -0.4 is 10.1 Å². The van der Waals surface area contributed by atoms with Gasteiger partial charge in [-0.25, -0.2) is 9.59 Å². The molecule has 1 atom stereocenters. The summed E-state index contributed by atoms with van der Waals surface area (Å²) in [5, 5.41) is 21.1. The predicted octanol–water partition coefficient (Wildman–Crippen LogP) is 1.92. The molecule has 7 heteroatoms. The molecule has 0 heterocycles. The molecule has 0 aliphatic rings. The number of hydrogen-bond donors (Lipinski definition) is 3. The van der Waals surface area contributed by atoms with Crippen LogP contribution in [0.1, 0.15) is 26.3 Å². The quantitative estimate of drug-likeness (QED) is 0.767. The molecular formula is C15H21NO6. The smallest absolute Gasteiger partial charge is 0.408 e. The minimum absolute atomic E-state index is 0.0145. The Balaban J connectivity index is 2.83. The Morgan fingerprint density at radius 1 is 1.27 bits per heavy atom. The van der Waals surface area contributed by atoms with E-state index in [1.165, 1.54) is 19.2 Å². The maximum Gasteiger partial charge on any atom is 0.408 e. The number of benzene rings is 1. The highest BCUT2D eigenvalue weighted by Crippen LogP contribution is 2.22. The van der Waals surface area contributed by atoms with Crippen LogP contribution in [-0.2, 0) is 16.0 Å². The molecule has 0 bridgehead atoms. The van der Waals surface area contributed by atoms with Crippen molar-refractivity contribution in [1.29, 1.82) is 0 Å². The number of carbonyl (C=O) groups excluding carboxylic acids is 1. The molecule has 0 spiro atoms. The molecule has 7 nitrogen and oxygen atoms in total. The van der Waals surface area contributed by atoms with Gasteiger partial charge in [0.05, 0.1) is 7.11 Å². The van der Waals surface area contributed by atoms with Gasteiger partial charge in [-0.3, -0.25) is 0 Å². The van der Waals surface area contributed by atoms with E-state index in [9.17, 15) is 19.8 Å². The first-order valence-electron chi connectivity index (χ1n) is 6.70. The highest BCUT2D eigenvalue weighted by atomic mass is 16.6. The van der Waals surface area contributed by atoms with Crippen molar-refractivity contribution in [3.05, 3.63) is 23.8 Å². The number of aromatic hydroxyl groups is 1. The van der Waals surface area contributed by atoms with Gasteiger partial charge in [0.1, 0.15) is 23.1 Å². The number of carboxylic acids is 1. The number of hydrogen-bond acceptors (Lipinski definition) is 5. The van der Waals surface area contributed by atoms with Crippen molar-refractivity contribution in [1.82, 2.24) is 5.32 Å². The van der Waals surface area contributed by atoms with E-state index >= 15 is 0 Å². The Morgan fingerprint density at radius 2 is 1.91 bits per heavy atom. The first-order chi connectivity index (χ1) is 10.1. The Kier molecular flexibility index (Phi) is 5.62. The van der Waals surface area contributed by atoms with E-state index in [1.54, 1.807) is 26.8 Å². The number of rotatable bonds is 5. The van der Waals surface area contributed by atoms with E-state index in [-0.39, 0.29) is 12.2 Å². The molecule has 0 aromatic heterocycles. The zero-order valence-corrected chi connectivity index (χ0v) is 13.0. The fourth-order valence-electron chi connectivity index (χ4n) is 1.76. The van der Waals surface area contributed by atoms with Crippen LogP contribution in [0.5, 0.6) is 11.5 Å². The van der Waals surface area contributed by atoms with Crippen molar-refractivity contribution >= 4 is 12.1 Å². The topological polar surface area (TPSA) is 105 Å². The van der Waals surface area contributed by atoms with Gasteiger partial charge in [0, 0.05) is 12.5 Å². The molecule has 0 fully saturated rings. The number of ether oxygens (including phenoxy) is 2. The average molecular weight is 311 g/mol. The van der Waals surface area contributed by atoms with Gasteiger partial charge in [-0.2, -0.15) is 0 Å². The van der Waals surface area contributed by atoms with Gasteiger partial charge >= 0.3 is 12.1 Å². The second-order valence-corrected chi connectivity index (χ2v) is 5.78. The highest BCUT2D eigenvalue weighted by molar-refractivity contribution is 5.80. The lowest BCUT2D eigenvalue weighted by Gasteiger charge is -2.22. The van der Waals surface area contributed by atoms with Gasteiger partial charge in [-0.05, 0) is 38.5 Å². The first-order valence-corrected chi connectivity index (χ1v) is 6.70. The number of carboxylic acid groups (broad SMARTS) is 1. The van der Waals surface area contributed by atoms with Crippen LogP contribution in [0, 0.1) is 0 Å². The number of alkyl carbamates (subject to hydrolysis) is 1. The van der Waals surface area contributed by atoms with E-state index in [0.29, 0.717) is 11.3 Å². The molecule has 1 rings (SSSR count).